The fourth-order valence-electron chi connectivity index (χ4n) is 1.33. The van der Waals surface area contributed by atoms with Gasteiger partial charge in [0.25, 0.3) is 0 Å². The highest BCUT2D eigenvalue weighted by molar-refractivity contribution is 7.80. The molecular formula is C11H13NO3S. The van der Waals surface area contributed by atoms with Gasteiger partial charge in [-0.25, -0.2) is 0 Å². The van der Waals surface area contributed by atoms with Crippen LogP contribution < -0.4 is 15.2 Å². The van der Waals surface area contributed by atoms with Crippen LogP contribution in [-0.4, -0.2) is 17.9 Å². The van der Waals surface area contributed by atoms with Crippen LogP contribution in [0.4, 0.5) is 0 Å². The summed E-state index contributed by atoms with van der Waals surface area (Å²) in [5, 5.41) is 0. The molecular weight excluding hydrogens is 226 g/mol. The second-order valence-corrected chi connectivity index (χ2v) is 4.01. The summed E-state index contributed by atoms with van der Waals surface area (Å²) < 4.78 is 16.0. The Balaban J connectivity index is 1.98. The smallest absolute Gasteiger partial charge is 0.231 e. The van der Waals surface area contributed by atoms with Crippen molar-refractivity contribution in [1.29, 1.82) is 0 Å². The van der Waals surface area contributed by atoms with E-state index in [1.165, 1.54) is 0 Å². The molecule has 1 aromatic carbocycles. The molecule has 1 heterocycles. The van der Waals surface area contributed by atoms with Crippen LogP contribution in [-0.2, 0) is 11.3 Å². The standard InChI is InChI=1S/C11H13NO3S/c1-7(11(12)16)13-5-8-2-3-9-10(4-8)15-6-14-9/h2-4,7H,5-6H2,1H3,(H2,12,16). The minimum Gasteiger partial charge on any atom is -0.454 e. The zero-order valence-electron chi connectivity index (χ0n) is 8.93. The Bertz CT molecular complexity index is 408. The van der Waals surface area contributed by atoms with Crippen molar-refractivity contribution < 1.29 is 14.2 Å². The van der Waals surface area contributed by atoms with Crippen LogP contribution in [0.1, 0.15) is 12.5 Å². The topological polar surface area (TPSA) is 53.7 Å². The maximum atomic E-state index is 5.49. The Morgan fingerprint density at radius 1 is 1.50 bits per heavy atom. The fraction of sp³-hybridized carbons (Fsp3) is 0.364. The van der Waals surface area contributed by atoms with Crippen molar-refractivity contribution in [3.8, 4) is 11.5 Å². The number of ether oxygens (including phenoxy) is 3. The monoisotopic (exact) mass is 239 g/mol. The van der Waals surface area contributed by atoms with Gasteiger partial charge in [0, 0.05) is 0 Å². The van der Waals surface area contributed by atoms with Crippen molar-refractivity contribution in [2.45, 2.75) is 19.6 Å². The molecule has 1 atom stereocenters. The lowest BCUT2D eigenvalue weighted by Gasteiger charge is -2.11. The third-order valence-electron chi connectivity index (χ3n) is 2.34. The van der Waals surface area contributed by atoms with Crippen LogP contribution in [0.25, 0.3) is 0 Å². The van der Waals surface area contributed by atoms with E-state index in [-0.39, 0.29) is 12.9 Å². The molecule has 0 aromatic heterocycles. The summed E-state index contributed by atoms with van der Waals surface area (Å²) in [6.07, 6.45) is -0.222. The summed E-state index contributed by atoms with van der Waals surface area (Å²) in [6, 6.07) is 5.70. The Morgan fingerprint density at radius 3 is 3.00 bits per heavy atom. The number of nitrogens with two attached hydrogens (primary N) is 1. The van der Waals surface area contributed by atoms with Crippen molar-refractivity contribution in [1.82, 2.24) is 0 Å². The van der Waals surface area contributed by atoms with E-state index >= 15 is 0 Å². The first-order valence-corrected chi connectivity index (χ1v) is 5.37. The number of fused-ring (bicyclic) bond motifs is 1. The van der Waals surface area contributed by atoms with Gasteiger partial charge in [0.15, 0.2) is 11.5 Å². The van der Waals surface area contributed by atoms with Gasteiger partial charge in [-0.15, -0.1) is 0 Å². The second kappa shape index (κ2) is 4.67. The molecule has 0 spiro atoms. The van der Waals surface area contributed by atoms with Crippen LogP contribution in [0.3, 0.4) is 0 Å². The summed E-state index contributed by atoms with van der Waals surface area (Å²) in [6.45, 7) is 2.56. The van der Waals surface area contributed by atoms with Gasteiger partial charge in [-0.3, -0.25) is 0 Å². The van der Waals surface area contributed by atoms with Gasteiger partial charge in [-0.2, -0.15) is 0 Å². The second-order valence-electron chi connectivity index (χ2n) is 3.54. The molecule has 0 aliphatic carbocycles. The maximum absolute atomic E-state index is 5.49. The van der Waals surface area contributed by atoms with E-state index in [9.17, 15) is 0 Å². The molecule has 0 amide bonds. The van der Waals surface area contributed by atoms with E-state index in [4.69, 9.17) is 32.2 Å². The molecule has 1 aliphatic heterocycles. The van der Waals surface area contributed by atoms with Crippen LogP contribution in [0.15, 0.2) is 18.2 Å². The molecule has 2 rings (SSSR count). The number of hydrogen-bond acceptors (Lipinski definition) is 4. The summed E-state index contributed by atoms with van der Waals surface area (Å²) >= 11 is 4.82. The largest absolute Gasteiger partial charge is 0.454 e. The van der Waals surface area contributed by atoms with Crippen molar-refractivity contribution >= 4 is 17.2 Å². The van der Waals surface area contributed by atoms with E-state index in [1.807, 2.05) is 25.1 Å². The van der Waals surface area contributed by atoms with E-state index < -0.39 is 0 Å². The zero-order valence-corrected chi connectivity index (χ0v) is 9.75. The average Bonchev–Trinajstić information content (AvgIpc) is 2.72. The van der Waals surface area contributed by atoms with Gasteiger partial charge < -0.3 is 19.9 Å². The van der Waals surface area contributed by atoms with Crippen molar-refractivity contribution in [2.24, 2.45) is 5.73 Å². The molecule has 4 nitrogen and oxygen atoms in total. The summed E-state index contributed by atoms with van der Waals surface area (Å²) in [4.78, 5) is 0.362. The van der Waals surface area contributed by atoms with Crippen LogP contribution in [0, 0.1) is 0 Å². The van der Waals surface area contributed by atoms with E-state index in [1.54, 1.807) is 0 Å². The Kier molecular flexibility index (Phi) is 3.26. The molecule has 0 fully saturated rings. The Morgan fingerprint density at radius 2 is 2.25 bits per heavy atom. The highest BCUT2D eigenvalue weighted by atomic mass is 32.1. The van der Waals surface area contributed by atoms with Gasteiger partial charge in [0.1, 0.15) is 11.1 Å². The Hall–Kier alpha value is -1.33. The van der Waals surface area contributed by atoms with Gasteiger partial charge >= 0.3 is 0 Å². The zero-order chi connectivity index (χ0) is 11.5. The SMILES string of the molecule is CC(OCc1ccc2c(c1)OCO2)C(N)=S. The summed E-state index contributed by atoms with van der Waals surface area (Å²) in [7, 11) is 0. The third-order valence-corrected chi connectivity index (χ3v) is 2.67. The summed E-state index contributed by atoms with van der Waals surface area (Å²) in [5.74, 6) is 1.52. The normalized spacial score (nSPS) is 14.8. The fourth-order valence-corrected chi connectivity index (χ4v) is 1.40. The molecule has 2 N–H and O–H groups in total. The van der Waals surface area contributed by atoms with E-state index in [2.05, 4.69) is 0 Å². The summed E-state index contributed by atoms with van der Waals surface area (Å²) in [5.41, 5.74) is 6.46. The van der Waals surface area contributed by atoms with Crippen LogP contribution in [0.5, 0.6) is 11.5 Å². The highest BCUT2D eigenvalue weighted by Crippen LogP contribution is 2.32. The Labute approximate surface area is 99.3 Å². The highest BCUT2D eigenvalue weighted by Gasteiger charge is 2.13. The predicted octanol–water partition coefficient (Wildman–Crippen LogP) is 1.61. The molecule has 0 saturated heterocycles. The molecule has 16 heavy (non-hydrogen) atoms. The first kappa shape index (κ1) is 11.2. The number of rotatable bonds is 4. The number of benzene rings is 1. The first-order valence-electron chi connectivity index (χ1n) is 4.96. The molecule has 1 aliphatic rings. The molecule has 1 unspecified atom stereocenters. The molecule has 0 bridgehead atoms. The quantitative estimate of drug-likeness (QED) is 0.809. The van der Waals surface area contributed by atoms with E-state index in [0.717, 1.165) is 17.1 Å². The molecule has 1 aromatic rings. The van der Waals surface area contributed by atoms with Gasteiger partial charge in [0.2, 0.25) is 6.79 Å². The first-order chi connectivity index (χ1) is 7.66. The molecule has 5 heteroatoms. The van der Waals surface area contributed by atoms with Gasteiger partial charge in [-0.05, 0) is 24.6 Å². The van der Waals surface area contributed by atoms with Crippen molar-refractivity contribution in [3.05, 3.63) is 23.8 Å². The maximum Gasteiger partial charge on any atom is 0.231 e. The predicted molar refractivity (Wildman–Crippen MR) is 63.6 cm³/mol. The lowest BCUT2D eigenvalue weighted by molar-refractivity contribution is 0.0967. The van der Waals surface area contributed by atoms with Gasteiger partial charge in [-0.1, -0.05) is 18.3 Å². The van der Waals surface area contributed by atoms with Crippen LogP contribution >= 0.6 is 12.2 Å². The molecule has 86 valence electrons. The number of thiocarbonyl (C=S) groups is 1. The molecule has 0 saturated carbocycles. The molecule has 0 radical (unpaired) electrons. The van der Waals surface area contributed by atoms with Gasteiger partial charge in [0.05, 0.1) is 6.61 Å². The van der Waals surface area contributed by atoms with Crippen LogP contribution in [0.2, 0.25) is 0 Å². The average molecular weight is 239 g/mol. The third kappa shape index (κ3) is 2.43. The lowest BCUT2D eigenvalue weighted by atomic mass is 10.2. The van der Waals surface area contributed by atoms with E-state index in [0.29, 0.717) is 11.6 Å². The minimum atomic E-state index is -0.222. The number of hydrogen-bond donors (Lipinski definition) is 1. The van der Waals surface area contributed by atoms with Crippen molar-refractivity contribution in [3.63, 3.8) is 0 Å². The minimum absolute atomic E-state index is 0.222. The lowest BCUT2D eigenvalue weighted by Crippen LogP contribution is -2.26. The van der Waals surface area contributed by atoms with Crippen molar-refractivity contribution in [2.75, 3.05) is 6.79 Å².